The van der Waals surface area contributed by atoms with E-state index in [-0.39, 0.29) is 5.97 Å². The first-order chi connectivity index (χ1) is 12.7. The molecule has 1 aliphatic heterocycles. The molecule has 26 heavy (non-hydrogen) atoms. The molecule has 0 radical (unpaired) electrons. The number of nitrogens with one attached hydrogen (secondary N) is 1. The lowest BCUT2D eigenvalue weighted by Gasteiger charge is -2.27. The van der Waals surface area contributed by atoms with Gasteiger partial charge in [0.25, 0.3) is 0 Å². The first-order valence-corrected chi connectivity index (χ1v) is 8.56. The van der Waals surface area contributed by atoms with Crippen molar-refractivity contribution in [1.29, 1.82) is 0 Å². The zero-order valence-corrected chi connectivity index (χ0v) is 14.3. The Balaban J connectivity index is 1.79. The fourth-order valence-corrected chi connectivity index (χ4v) is 3.38. The van der Waals surface area contributed by atoms with Gasteiger partial charge in [0.15, 0.2) is 11.8 Å². The first kappa shape index (κ1) is 16.3. The molecule has 0 amide bonds. The lowest BCUT2D eigenvalue weighted by atomic mass is 9.83. The molecule has 1 heterocycles. The second-order valence-corrected chi connectivity index (χ2v) is 6.28. The summed E-state index contributed by atoms with van der Waals surface area (Å²) in [7, 11) is 0. The minimum atomic E-state index is -1.02. The van der Waals surface area contributed by atoms with Crippen molar-refractivity contribution in [2.24, 2.45) is 0 Å². The molecule has 3 heteroatoms. The van der Waals surface area contributed by atoms with Gasteiger partial charge in [-0.05, 0) is 16.7 Å². The van der Waals surface area contributed by atoms with Gasteiger partial charge in [0.1, 0.15) is 0 Å². The molecule has 1 saturated heterocycles. The molecule has 0 spiro atoms. The average molecular weight is 341 g/mol. The summed E-state index contributed by atoms with van der Waals surface area (Å²) < 4.78 is 5.77. The summed E-state index contributed by atoms with van der Waals surface area (Å²) in [6.07, 6.45) is 1.28. The highest BCUT2D eigenvalue weighted by Crippen LogP contribution is 2.40. The van der Waals surface area contributed by atoms with Gasteiger partial charge in [-0.1, -0.05) is 97.6 Å². The van der Waals surface area contributed by atoms with Crippen molar-refractivity contribution in [2.75, 3.05) is 0 Å². The van der Waals surface area contributed by atoms with Crippen LogP contribution in [0.3, 0.4) is 0 Å². The summed E-state index contributed by atoms with van der Waals surface area (Å²) in [5.41, 5.74) is 2.63. The Morgan fingerprint density at radius 2 is 1.38 bits per heavy atom. The van der Waals surface area contributed by atoms with E-state index >= 15 is 0 Å². The van der Waals surface area contributed by atoms with Crippen LogP contribution in [-0.2, 0) is 15.1 Å². The van der Waals surface area contributed by atoms with Crippen molar-refractivity contribution in [3.05, 3.63) is 114 Å². The number of carbonyl (C=O) groups excluding carboxylic acids is 1. The summed E-state index contributed by atoms with van der Waals surface area (Å²) in [6.45, 7) is 3.77. The van der Waals surface area contributed by atoms with Gasteiger partial charge < -0.3 is 4.74 Å². The van der Waals surface area contributed by atoms with Crippen LogP contribution in [-0.4, -0.2) is 5.97 Å². The Kier molecular flexibility index (Phi) is 4.15. The molecule has 0 saturated carbocycles. The standard InChI is InChI=1S/C23H19NO2/c1-2-17-13-15-18(16-14-17)21-24-23(22(25)26-21,19-9-5-3-6-10-19)20-11-7-4-8-12-20/h2-16,21,24H,1H2. The van der Waals surface area contributed by atoms with Gasteiger partial charge >= 0.3 is 5.97 Å². The number of hydrogen-bond acceptors (Lipinski definition) is 3. The summed E-state index contributed by atoms with van der Waals surface area (Å²) in [5.74, 6) is -0.298. The van der Waals surface area contributed by atoms with Gasteiger partial charge in [-0.15, -0.1) is 0 Å². The number of cyclic esters (lactones) is 1. The summed E-state index contributed by atoms with van der Waals surface area (Å²) in [6, 6.07) is 27.2. The number of rotatable bonds is 4. The lowest BCUT2D eigenvalue weighted by molar-refractivity contribution is -0.144. The van der Waals surface area contributed by atoms with Crippen LogP contribution in [0.1, 0.15) is 28.5 Å². The third-order valence-electron chi connectivity index (χ3n) is 4.77. The highest BCUT2D eigenvalue weighted by atomic mass is 16.6. The summed E-state index contributed by atoms with van der Waals surface area (Å²) >= 11 is 0. The van der Waals surface area contributed by atoms with Gasteiger partial charge in [0.2, 0.25) is 0 Å². The molecule has 3 aromatic carbocycles. The number of esters is 1. The maximum atomic E-state index is 13.1. The Morgan fingerprint density at radius 1 is 0.846 bits per heavy atom. The molecule has 1 fully saturated rings. The SMILES string of the molecule is C=Cc1ccc(C2NC(c3ccccc3)(c3ccccc3)C(=O)O2)cc1. The second kappa shape index (κ2) is 6.62. The second-order valence-electron chi connectivity index (χ2n) is 6.28. The van der Waals surface area contributed by atoms with E-state index in [1.54, 1.807) is 6.08 Å². The zero-order valence-electron chi connectivity index (χ0n) is 14.3. The van der Waals surface area contributed by atoms with E-state index in [4.69, 9.17) is 4.74 Å². The summed E-state index contributed by atoms with van der Waals surface area (Å²) in [5, 5.41) is 3.44. The molecule has 1 unspecified atom stereocenters. The maximum Gasteiger partial charge on any atom is 0.337 e. The number of ether oxygens (including phenoxy) is 1. The smallest absolute Gasteiger partial charge is 0.337 e. The molecule has 3 nitrogen and oxygen atoms in total. The molecule has 1 N–H and O–H groups in total. The Bertz CT molecular complexity index is 878. The van der Waals surface area contributed by atoms with E-state index in [2.05, 4.69) is 11.9 Å². The molecule has 1 atom stereocenters. The minimum absolute atomic E-state index is 0.298. The van der Waals surface area contributed by atoms with E-state index in [1.165, 1.54) is 0 Å². The van der Waals surface area contributed by atoms with Crippen LogP contribution in [0.15, 0.2) is 91.5 Å². The first-order valence-electron chi connectivity index (χ1n) is 8.56. The molecular weight excluding hydrogens is 322 g/mol. The predicted octanol–water partition coefficient (Wildman–Crippen LogP) is 4.42. The minimum Gasteiger partial charge on any atom is -0.440 e. The van der Waals surface area contributed by atoms with E-state index in [0.29, 0.717) is 0 Å². The molecular formula is C23H19NO2. The fraction of sp³-hybridized carbons (Fsp3) is 0.0870. The van der Waals surface area contributed by atoms with E-state index in [0.717, 1.165) is 22.3 Å². The highest BCUT2D eigenvalue weighted by molar-refractivity contribution is 5.89. The number of hydrogen-bond donors (Lipinski definition) is 1. The van der Waals surface area contributed by atoms with Gasteiger partial charge in [-0.2, -0.15) is 0 Å². The third-order valence-corrected chi connectivity index (χ3v) is 4.77. The molecule has 3 aromatic rings. The van der Waals surface area contributed by atoms with E-state index < -0.39 is 11.8 Å². The van der Waals surface area contributed by atoms with Crippen molar-refractivity contribution in [1.82, 2.24) is 5.32 Å². The van der Waals surface area contributed by atoms with E-state index in [1.807, 2.05) is 84.9 Å². The fourth-order valence-electron chi connectivity index (χ4n) is 3.38. The van der Waals surface area contributed by atoms with Crippen LogP contribution in [0.2, 0.25) is 0 Å². The van der Waals surface area contributed by atoms with Gasteiger partial charge in [-0.3, -0.25) is 5.32 Å². The molecule has 0 aliphatic carbocycles. The molecule has 0 aromatic heterocycles. The van der Waals surface area contributed by atoms with Crippen molar-refractivity contribution in [3.8, 4) is 0 Å². The lowest BCUT2D eigenvalue weighted by Crippen LogP contribution is -2.44. The average Bonchev–Trinajstić information content (AvgIpc) is 3.07. The van der Waals surface area contributed by atoms with E-state index in [9.17, 15) is 4.79 Å². The van der Waals surface area contributed by atoms with Gasteiger partial charge in [-0.25, -0.2) is 4.79 Å². The van der Waals surface area contributed by atoms with Crippen molar-refractivity contribution < 1.29 is 9.53 Å². The van der Waals surface area contributed by atoms with Crippen molar-refractivity contribution in [3.63, 3.8) is 0 Å². The van der Waals surface area contributed by atoms with Crippen LogP contribution < -0.4 is 5.32 Å². The molecule has 0 bridgehead atoms. The Labute approximate surface area is 152 Å². The van der Waals surface area contributed by atoms with Crippen LogP contribution in [0, 0.1) is 0 Å². The van der Waals surface area contributed by atoms with Crippen molar-refractivity contribution in [2.45, 2.75) is 11.8 Å². The monoisotopic (exact) mass is 341 g/mol. The topological polar surface area (TPSA) is 38.3 Å². The molecule has 1 aliphatic rings. The normalized spacial score (nSPS) is 18.3. The van der Waals surface area contributed by atoms with Crippen molar-refractivity contribution >= 4 is 12.0 Å². The van der Waals surface area contributed by atoms with Crippen LogP contribution in [0.25, 0.3) is 6.08 Å². The Morgan fingerprint density at radius 3 is 1.88 bits per heavy atom. The summed E-state index contributed by atoms with van der Waals surface area (Å²) in [4.78, 5) is 13.1. The maximum absolute atomic E-state index is 13.1. The van der Waals surface area contributed by atoms with Crippen LogP contribution in [0.4, 0.5) is 0 Å². The predicted molar refractivity (Wildman–Crippen MR) is 102 cm³/mol. The largest absolute Gasteiger partial charge is 0.440 e. The van der Waals surface area contributed by atoms with Crippen LogP contribution in [0.5, 0.6) is 0 Å². The molecule has 128 valence electrons. The molecule has 4 rings (SSSR count). The Hall–Kier alpha value is -3.17. The van der Waals surface area contributed by atoms with Gasteiger partial charge in [0, 0.05) is 5.56 Å². The highest BCUT2D eigenvalue weighted by Gasteiger charge is 2.51. The van der Waals surface area contributed by atoms with Crippen LogP contribution >= 0.6 is 0 Å². The number of benzene rings is 3. The van der Waals surface area contributed by atoms with Gasteiger partial charge in [0.05, 0.1) is 0 Å². The number of carbonyl (C=O) groups is 1. The third kappa shape index (κ3) is 2.63. The zero-order chi connectivity index (χ0) is 18.0. The quantitative estimate of drug-likeness (QED) is 0.714.